The number of amides is 1. The maximum absolute atomic E-state index is 12.8. The van der Waals surface area contributed by atoms with Crippen molar-refractivity contribution in [2.75, 3.05) is 19.7 Å². The Morgan fingerprint density at radius 1 is 1.16 bits per heavy atom. The van der Waals surface area contributed by atoms with E-state index in [1.165, 1.54) is 0 Å². The Balaban J connectivity index is 1.21. The number of benzene rings is 2. The fourth-order valence-electron chi connectivity index (χ4n) is 4.74. The number of carbonyl (C=O) groups excluding carboxylic acids is 1. The van der Waals surface area contributed by atoms with Crippen LogP contribution in [0, 0.1) is 0 Å². The number of piperidine rings is 1. The van der Waals surface area contributed by atoms with Gasteiger partial charge in [0.05, 0.1) is 11.0 Å². The lowest BCUT2D eigenvalue weighted by Gasteiger charge is -2.32. The summed E-state index contributed by atoms with van der Waals surface area (Å²) in [6, 6.07) is 13.6. The number of fused-ring (bicyclic) bond motifs is 2. The summed E-state index contributed by atoms with van der Waals surface area (Å²) in [4.78, 5) is 29.9. The Kier molecular flexibility index (Phi) is 4.76. The molecule has 5 rings (SSSR count). The molecular formula is C24H27N3O4. The van der Waals surface area contributed by atoms with Crippen molar-refractivity contribution in [3.05, 3.63) is 58.5 Å². The van der Waals surface area contributed by atoms with E-state index in [1.807, 2.05) is 65.8 Å². The van der Waals surface area contributed by atoms with E-state index < -0.39 is 0 Å². The molecular weight excluding hydrogens is 394 g/mol. The number of ether oxygens (including phenoxy) is 2. The van der Waals surface area contributed by atoms with Gasteiger partial charge in [0, 0.05) is 31.1 Å². The van der Waals surface area contributed by atoms with E-state index in [9.17, 15) is 9.59 Å². The number of likely N-dealkylation sites (tertiary alicyclic amines) is 1. The third kappa shape index (κ3) is 3.69. The smallest absolute Gasteiger partial charge is 0.326 e. The zero-order valence-electron chi connectivity index (χ0n) is 17.9. The summed E-state index contributed by atoms with van der Waals surface area (Å²) in [6.07, 6.45) is 2.31. The van der Waals surface area contributed by atoms with Gasteiger partial charge in [-0.2, -0.15) is 0 Å². The number of hydrogen-bond donors (Lipinski definition) is 1. The van der Waals surface area contributed by atoms with E-state index in [1.54, 1.807) is 0 Å². The standard InChI is InChI=1S/C24H27N3O4/c1-24(2)14-16-6-5-9-20(22(16)31-24)30-15-21(28)26-12-10-17(11-13-26)27-19-8-4-3-7-18(19)25-23(27)29/h3-9,17H,10-15H2,1-2H3,(H,25,29). The summed E-state index contributed by atoms with van der Waals surface area (Å²) in [5.41, 5.74) is 2.53. The fourth-order valence-corrected chi connectivity index (χ4v) is 4.74. The molecule has 0 bridgehead atoms. The van der Waals surface area contributed by atoms with E-state index in [0.717, 1.165) is 41.6 Å². The first-order valence-electron chi connectivity index (χ1n) is 10.8. The van der Waals surface area contributed by atoms with Gasteiger partial charge >= 0.3 is 5.69 Å². The molecule has 1 N–H and O–H groups in total. The minimum absolute atomic E-state index is 0.0159. The summed E-state index contributed by atoms with van der Waals surface area (Å²) in [5, 5.41) is 0. The van der Waals surface area contributed by atoms with Gasteiger partial charge in [0.15, 0.2) is 18.1 Å². The maximum Gasteiger partial charge on any atom is 0.326 e. The number of aromatic nitrogens is 2. The number of nitrogens with zero attached hydrogens (tertiary/aromatic N) is 2. The zero-order valence-corrected chi connectivity index (χ0v) is 17.9. The molecule has 0 saturated carbocycles. The van der Waals surface area contributed by atoms with Gasteiger partial charge < -0.3 is 19.4 Å². The lowest BCUT2D eigenvalue weighted by molar-refractivity contribution is -0.134. The van der Waals surface area contributed by atoms with Crippen molar-refractivity contribution in [3.8, 4) is 11.5 Å². The first kappa shape index (κ1) is 19.7. The summed E-state index contributed by atoms with van der Waals surface area (Å²) in [5.74, 6) is 1.33. The SMILES string of the molecule is CC1(C)Cc2cccc(OCC(=O)N3CCC(n4c(=O)[nH]c5ccccc54)CC3)c2O1. The normalized spacial score (nSPS) is 18.1. The van der Waals surface area contributed by atoms with Crippen LogP contribution in [0.1, 0.15) is 38.3 Å². The second-order valence-electron chi connectivity index (χ2n) is 9.00. The van der Waals surface area contributed by atoms with Crippen molar-refractivity contribution in [1.29, 1.82) is 0 Å². The topological polar surface area (TPSA) is 76.6 Å². The number of carbonyl (C=O) groups is 1. The number of H-pyrrole nitrogens is 1. The molecule has 1 saturated heterocycles. The van der Waals surface area contributed by atoms with Crippen molar-refractivity contribution >= 4 is 16.9 Å². The van der Waals surface area contributed by atoms with E-state index in [0.29, 0.717) is 18.8 Å². The highest BCUT2D eigenvalue weighted by Gasteiger charge is 2.33. The van der Waals surface area contributed by atoms with Crippen LogP contribution < -0.4 is 15.2 Å². The largest absolute Gasteiger partial charge is 0.483 e. The monoisotopic (exact) mass is 421 g/mol. The second-order valence-corrected chi connectivity index (χ2v) is 9.00. The number of para-hydroxylation sites is 3. The van der Waals surface area contributed by atoms with E-state index in [2.05, 4.69) is 4.98 Å². The quantitative estimate of drug-likeness (QED) is 0.701. The molecule has 0 radical (unpaired) electrons. The Labute approximate surface area is 180 Å². The number of nitrogens with one attached hydrogen (secondary N) is 1. The van der Waals surface area contributed by atoms with Crippen molar-refractivity contribution in [3.63, 3.8) is 0 Å². The lowest BCUT2D eigenvalue weighted by Crippen LogP contribution is -2.42. The summed E-state index contributed by atoms with van der Waals surface area (Å²) >= 11 is 0. The average Bonchev–Trinajstić information content (AvgIpc) is 3.26. The van der Waals surface area contributed by atoms with Gasteiger partial charge in [-0.1, -0.05) is 24.3 Å². The number of aromatic amines is 1. The Morgan fingerprint density at radius 3 is 2.74 bits per heavy atom. The van der Waals surface area contributed by atoms with Gasteiger partial charge in [0.25, 0.3) is 5.91 Å². The number of hydrogen-bond acceptors (Lipinski definition) is 4. The second kappa shape index (κ2) is 7.48. The van der Waals surface area contributed by atoms with Crippen molar-refractivity contribution in [1.82, 2.24) is 14.5 Å². The highest BCUT2D eigenvalue weighted by atomic mass is 16.5. The molecule has 3 aromatic rings. The summed E-state index contributed by atoms with van der Waals surface area (Å²) in [7, 11) is 0. The highest BCUT2D eigenvalue weighted by molar-refractivity contribution is 5.78. The Bertz CT molecular complexity index is 1180. The Hall–Kier alpha value is -3.22. The minimum Gasteiger partial charge on any atom is -0.483 e. The van der Waals surface area contributed by atoms with Gasteiger partial charge in [-0.3, -0.25) is 9.36 Å². The molecule has 2 aliphatic heterocycles. The van der Waals surface area contributed by atoms with Crippen LogP contribution in [0.25, 0.3) is 11.0 Å². The third-order valence-corrected chi connectivity index (χ3v) is 6.21. The molecule has 2 aliphatic rings. The molecule has 0 unspecified atom stereocenters. The molecule has 2 aromatic carbocycles. The summed E-state index contributed by atoms with van der Waals surface area (Å²) < 4.78 is 13.7. The molecule has 0 spiro atoms. The number of imidazole rings is 1. The van der Waals surface area contributed by atoms with Crippen molar-refractivity contribution in [2.24, 2.45) is 0 Å². The van der Waals surface area contributed by atoms with Gasteiger partial charge in [-0.05, 0) is 44.9 Å². The highest BCUT2D eigenvalue weighted by Crippen LogP contribution is 2.41. The molecule has 162 valence electrons. The first-order chi connectivity index (χ1) is 14.9. The predicted octanol–water partition coefficient (Wildman–Crippen LogP) is 3.29. The van der Waals surface area contributed by atoms with E-state index >= 15 is 0 Å². The molecule has 0 aliphatic carbocycles. The van der Waals surface area contributed by atoms with Crippen LogP contribution in [0.15, 0.2) is 47.3 Å². The van der Waals surface area contributed by atoms with Crippen LogP contribution >= 0.6 is 0 Å². The maximum atomic E-state index is 12.8. The van der Waals surface area contributed by atoms with Crippen LogP contribution in [0.3, 0.4) is 0 Å². The molecule has 1 fully saturated rings. The van der Waals surface area contributed by atoms with E-state index in [-0.39, 0.29) is 29.8 Å². The van der Waals surface area contributed by atoms with Gasteiger partial charge in [0.2, 0.25) is 0 Å². The molecule has 3 heterocycles. The molecule has 7 nitrogen and oxygen atoms in total. The first-order valence-corrected chi connectivity index (χ1v) is 10.8. The molecule has 0 atom stereocenters. The molecule has 1 amide bonds. The molecule has 7 heteroatoms. The number of rotatable bonds is 4. The fraction of sp³-hybridized carbons (Fsp3) is 0.417. The van der Waals surface area contributed by atoms with Gasteiger partial charge in [-0.25, -0.2) is 4.79 Å². The Morgan fingerprint density at radius 2 is 1.94 bits per heavy atom. The van der Waals surface area contributed by atoms with Crippen molar-refractivity contribution in [2.45, 2.75) is 44.8 Å². The van der Waals surface area contributed by atoms with Crippen LogP contribution in [0.4, 0.5) is 0 Å². The predicted molar refractivity (Wildman–Crippen MR) is 118 cm³/mol. The molecule has 31 heavy (non-hydrogen) atoms. The third-order valence-electron chi connectivity index (χ3n) is 6.21. The van der Waals surface area contributed by atoms with Crippen molar-refractivity contribution < 1.29 is 14.3 Å². The van der Waals surface area contributed by atoms with Crippen LogP contribution in [-0.4, -0.2) is 45.7 Å². The minimum atomic E-state index is -0.256. The summed E-state index contributed by atoms with van der Waals surface area (Å²) in [6.45, 7) is 5.29. The zero-order chi connectivity index (χ0) is 21.6. The average molecular weight is 421 g/mol. The lowest BCUT2D eigenvalue weighted by atomic mass is 10.0. The van der Waals surface area contributed by atoms with Gasteiger partial charge in [0.1, 0.15) is 5.60 Å². The van der Waals surface area contributed by atoms with Crippen LogP contribution in [-0.2, 0) is 11.2 Å². The molecule has 1 aromatic heterocycles. The van der Waals surface area contributed by atoms with Gasteiger partial charge in [-0.15, -0.1) is 0 Å². The van der Waals surface area contributed by atoms with E-state index in [4.69, 9.17) is 9.47 Å². The van der Waals surface area contributed by atoms with Crippen LogP contribution in [0.2, 0.25) is 0 Å². The van der Waals surface area contributed by atoms with Crippen LogP contribution in [0.5, 0.6) is 11.5 Å².